The van der Waals surface area contributed by atoms with E-state index in [1.54, 1.807) is 11.8 Å². The normalized spacial score (nSPS) is 9.73. The van der Waals surface area contributed by atoms with Crippen molar-refractivity contribution in [2.75, 3.05) is 31.2 Å². The van der Waals surface area contributed by atoms with Gasteiger partial charge in [0.1, 0.15) is 0 Å². The highest BCUT2D eigenvalue weighted by molar-refractivity contribution is 7.99. The van der Waals surface area contributed by atoms with E-state index in [0.29, 0.717) is 6.54 Å². The largest absolute Gasteiger partial charge is 0.396 e. The molecule has 15 heavy (non-hydrogen) atoms. The van der Waals surface area contributed by atoms with Crippen molar-refractivity contribution in [1.29, 1.82) is 0 Å². The van der Waals surface area contributed by atoms with Gasteiger partial charge in [0.2, 0.25) is 11.8 Å². The molecular weight excluding hydrogens is 216 g/mol. The van der Waals surface area contributed by atoms with Gasteiger partial charge in [-0.1, -0.05) is 0 Å². The maximum Gasteiger partial charge on any atom is 0.239 e. The fourth-order valence-corrected chi connectivity index (χ4v) is 1.58. The maximum absolute atomic E-state index is 11.1. The van der Waals surface area contributed by atoms with Crippen LogP contribution in [0, 0.1) is 0 Å². The van der Waals surface area contributed by atoms with Gasteiger partial charge in [0, 0.05) is 25.8 Å². The van der Waals surface area contributed by atoms with E-state index in [2.05, 4.69) is 10.6 Å². The summed E-state index contributed by atoms with van der Waals surface area (Å²) < 4.78 is 0. The molecule has 0 radical (unpaired) electrons. The molecule has 0 bridgehead atoms. The van der Waals surface area contributed by atoms with Gasteiger partial charge >= 0.3 is 0 Å². The molecule has 0 saturated carbocycles. The number of carbonyl (C=O) groups excluding carboxylic acids is 2. The van der Waals surface area contributed by atoms with E-state index in [0.717, 1.165) is 17.9 Å². The first-order valence-corrected chi connectivity index (χ1v) is 6.02. The third-order valence-corrected chi connectivity index (χ3v) is 2.58. The molecule has 0 aromatic carbocycles. The highest BCUT2D eigenvalue weighted by atomic mass is 32.2. The molecule has 0 aromatic heterocycles. The van der Waals surface area contributed by atoms with E-state index in [1.165, 1.54) is 6.92 Å². The van der Waals surface area contributed by atoms with E-state index in [4.69, 9.17) is 5.11 Å². The van der Waals surface area contributed by atoms with Crippen LogP contribution in [0.4, 0.5) is 0 Å². The Morgan fingerprint density at radius 2 is 2.00 bits per heavy atom. The molecule has 0 heterocycles. The topological polar surface area (TPSA) is 78.4 Å². The lowest BCUT2D eigenvalue weighted by Gasteiger charge is -2.05. The van der Waals surface area contributed by atoms with Gasteiger partial charge in [-0.15, -0.1) is 0 Å². The van der Waals surface area contributed by atoms with Crippen molar-refractivity contribution in [3.8, 4) is 0 Å². The molecule has 0 aromatic rings. The average Bonchev–Trinajstić information content (AvgIpc) is 2.20. The maximum atomic E-state index is 11.1. The zero-order chi connectivity index (χ0) is 11.5. The predicted molar refractivity (Wildman–Crippen MR) is 60.7 cm³/mol. The highest BCUT2D eigenvalue weighted by Crippen LogP contribution is 1.99. The summed E-state index contributed by atoms with van der Waals surface area (Å²) in [6.07, 6.45) is 0.782. The highest BCUT2D eigenvalue weighted by Gasteiger charge is 2.00. The van der Waals surface area contributed by atoms with E-state index >= 15 is 0 Å². The third-order valence-electron chi connectivity index (χ3n) is 1.51. The molecule has 0 unspecified atom stereocenters. The fraction of sp³-hybridized carbons (Fsp3) is 0.778. The SMILES string of the molecule is CC(=O)NCC(=O)NCCSCCCO. The Hall–Kier alpha value is -0.750. The molecule has 0 aliphatic carbocycles. The van der Waals surface area contributed by atoms with E-state index in [1.807, 2.05) is 0 Å². The second-order valence-electron chi connectivity index (χ2n) is 2.95. The summed E-state index contributed by atoms with van der Waals surface area (Å²) in [6.45, 7) is 2.21. The summed E-state index contributed by atoms with van der Waals surface area (Å²) in [5.74, 6) is 1.35. The molecule has 3 N–H and O–H groups in total. The van der Waals surface area contributed by atoms with Crippen molar-refractivity contribution >= 4 is 23.6 Å². The van der Waals surface area contributed by atoms with Crippen LogP contribution in [-0.2, 0) is 9.59 Å². The van der Waals surface area contributed by atoms with Crippen LogP contribution in [0.2, 0.25) is 0 Å². The van der Waals surface area contributed by atoms with Gasteiger partial charge in [0.15, 0.2) is 0 Å². The Labute approximate surface area is 94.0 Å². The van der Waals surface area contributed by atoms with Gasteiger partial charge in [-0.3, -0.25) is 9.59 Å². The number of thioether (sulfide) groups is 1. The standard InChI is InChI=1S/C9H18N2O3S/c1-8(13)11-7-9(14)10-3-6-15-5-2-4-12/h12H,2-7H2,1H3,(H,10,14)(H,11,13). The Morgan fingerprint density at radius 1 is 1.27 bits per heavy atom. The molecule has 0 aliphatic rings. The van der Waals surface area contributed by atoms with Crippen LogP contribution in [0.25, 0.3) is 0 Å². The van der Waals surface area contributed by atoms with Crippen molar-refractivity contribution in [2.24, 2.45) is 0 Å². The van der Waals surface area contributed by atoms with Crippen LogP contribution >= 0.6 is 11.8 Å². The van der Waals surface area contributed by atoms with Crippen LogP contribution < -0.4 is 10.6 Å². The van der Waals surface area contributed by atoms with Gasteiger partial charge in [-0.2, -0.15) is 11.8 Å². The first-order chi connectivity index (χ1) is 7.16. The van der Waals surface area contributed by atoms with Crippen LogP contribution in [-0.4, -0.2) is 48.1 Å². The first kappa shape index (κ1) is 14.2. The lowest BCUT2D eigenvalue weighted by atomic mass is 10.5. The number of amides is 2. The van der Waals surface area contributed by atoms with E-state index in [-0.39, 0.29) is 25.0 Å². The smallest absolute Gasteiger partial charge is 0.239 e. The van der Waals surface area contributed by atoms with Gasteiger partial charge in [0.25, 0.3) is 0 Å². The van der Waals surface area contributed by atoms with Crippen molar-refractivity contribution in [3.05, 3.63) is 0 Å². The average molecular weight is 234 g/mol. The number of aliphatic hydroxyl groups excluding tert-OH is 1. The number of rotatable bonds is 8. The zero-order valence-corrected chi connectivity index (χ0v) is 9.73. The fourth-order valence-electron chi connectivity index (χ4n) is 0.799. The van der Waals surface area contributed by atoms with Crippen LogP contribution in [0.3, 0.4) is 0 Å². The van der Waals surface area contributed by atoms with Gasteiger partial charge < -0.3 is 15.7 Å². The molecule has 0 rings (SSSR count). The quantitative estimate of drug-likeness (QED) is 0.488. The lowest BCUT2D eigenvalue weighted by Crippen LogP contribution is -2.36. The number of hydrogen-bond donors (Lipinski definition) is 3. The second kappa shape index (κ2) is 9.79. The Morgan fingerprint density at radius 3 is 2.60 bits per heavy atom. The molecule has 0 saturated heterocycles. The molecule has 0 fully saturated rings. The first-order valence-electron chi connectivity index (χ1n) is 4.86. The van der Waals surface area contributed by atoms with Crippen LogP contribution in [0.1, 0.15) is 13.3 Å². The second-order valence-corrected chi connectivity index (χ2v) is 4.17. The molecule has 6 heteroatoms. The molecule has 88 valence electrons. The summed E-state index contributed by atoms with van der Waals surface area (Å²) in [4.78, 5) is 21.5. The molecule has 0 atom stereocenters. The van der Waals surface area contributed by atoms with Gasteiger partial charge in [0.05, 0.1) is 6.54 Å². The van der Waals surface area contributed by atoms with Crippen molar-refractivity contribution < 1.29 is 14.7 Å². The molecule has 0 spiro atoms. The Balaban J connectivity index is 3.20. The van der Waals surface area contributed by atoms with Crippen molar-refractivity contribution in [1.82, 2.24) is 10.6 Å². The monoisotopic (exact) mass is 234 g/mol. The molecular formula is C9H18N2O3S. The summed E-state index contributed by atoms with van der Waals surface area (Å²) >= 11 is 1.68. The summed E-state index contributed by atoms with van der Waals surface area (Å²) in [5, 5.41) is 13.6. The number of carbonyl (C=O) groups is 2. The van der Waals surface area contributed by atoms with Crippen LogP contribution in [0.15, 0.2) is 0 Å². The van der Waals surface area contributed by atoms with Crippen molar-refractivity contribution in [2.45, 2.75) is 13.3 Å². The number of hydrogen-bond acceptors (Lipinski definition) is 4. The zero-order valence-electron chi connectivity index (χ0n) is 8.91. The third kappa shape index (κ3) is 11.2. The minimum Gasteiger partial charge on any atom is -0.396 e. The lowest BCUT2D eigenvalue weighted by molar-refractivity contribution is -0.124. The van der Waals surface area contributed by atoms with E-state index in [9.17, 15) is 9.59 Å². The minimum absolute atomic E-state index is 0.0383. The predicted octanol–water partition coefficient (Wildman–Crippen LogP) is -0.646. The summed E-state index contributed by atoms with van der Waals surface area (Å²) in [7, 11) is 0. The Kier molecular flexibility index (Phi) is 9.30. The Bertz CT molecular complexity index is 200. The van der Waals surface area contributed by atoms with Crippen LogP contribution in [0.5, 0.6) is 0 Å². The molecule has 5 nitrogen and oxygen atoms in total. The number of aliphatic hydroxyl groups is 1. The van der Waals surface area contributed by atoms with Gasteiger partial charge in [-0.25, -0.2) is 0 Å². The summed E-state index contributed by atoms with van der Waals surface area (Å²) in [6, 6.07) is 0. The molecule has 2 amide bonds. The molecule has 0 aliphatic heterocycles. The van der Waals surface area contributed by atoms with E-state index < -0.39 is 0 Å². The number of nitrogens with one attached hydrogen (secondary N) is 2. The van der Waals surface area contributed by atoms with Crippen molar-refractivity contribution in [3.63, 3.8) is 0 Å². The minimum atomic E-state index is -0.206. The van der Waals surface area contributed by atoms with Gasteiger partial charge in [-0.05, 0) is 12.2 Å². The summed E-state index contributed by atoms with van der Waals surface area (Å²) in [5.41, 5.74) is 0.